The molecule has 1 amide bonds. The van der Waals surface area contributed by atoms with E-state index >= 15 is 0 Å². The summed E-state index contributed by atoms with van der Waals surface area (Å²) in [5.41, 5.74) is 1.84. The molecule has 0 aliphatic heterocycles. The summed E-state index contributed by atoms with van der Waals surface area (Å²) in [6.45, 7) is 5.24. The fraction of sp³-hybridized carbons (Fsp3) is 0.417. The number of amides is 1. The third kappa shape index (κ3) is 3.54. The van der Waals surface area contributed by atoms with Crippen LogP contribution in [-0.4, -0.2) is 34.2 Å². The molecule has 0 atom stereocenters. The van der Waals surface area contributed by atoms with Crippen LogP contribution in [0.2, 0.25) is 0 Å². The maximum atomic E-state index is 12.0. The number of nitrogens with zero attached hydrogens (tertiary/aromatic N) is 2. The molecular formula is C12H17N5OS. The van der Waals surface area contributed by atoms with Gasteiger partial charge in [0.05, 0.1) is 11.9 Å². The van der Waals surface area contributed by atoms with Gasteiger partial charge >= 0.3 is 0 Å². The third-order valence-electron chi connectivity index (χ3n) is 2.58. The van der Waals surface area contributed by atoms with E-state index in [1.165, 1.54) is 11.3 Å². The van der Waals surface area contributed by atoms with Crippen LogP contribution < -0.4 is 10.6 Å². The van der Waals surface area contributed by atoms with Crippen LogP contribution in [0.25, 0.3) is 0 Å². The van der Waals surface area contributed by atoms with E-state index in [9.17, 15) is 4.79 Å². The average Bonchev–Trinajstić information content (AvgIpc) is 2.99. The van der Waals surface area contributed by atoms with Crippen molar-refractivity contribution >= 4 is 22.4 Å². The van der Waals surface area contributed by atoms with Crippen LogP contribution in [0.5, 0.6) is 0 Å². The SMILES string of the molecule is CCNc1nc(C)c(C(=O)NCCc2cn[nH]c2)s1. The third-order valence-corrected chi connectivity index (χ3v) is 3.70. The number of aromatic amines is 1. The Bertz CT molecular complexity index is 534. The summed E-state index contributed by atoms with van der Waals surface area (Å²) in [6, 6.07) is 0. The van der Waals surface area contributed by atoms with Gasteiger partial charge in [-0.15, -0.1) is 0 Å². The lowest BCUT2D eigenvalue weighted by molar-refractivity contribution is 0.0957. The highest BCUT2D eigenvalue weighted by Gasteiger charge is 2.14. The number of aryl methyl sites for hydroxylation is 1. The number of H-pyrrole nitrogens is 1. The molecule has 0 radical (unpaired) electrons. The zero-order valence-corrected chi connectivity index (χ0v) is 11.8. The van der Waals surface area contributed by atoms with Gasteiger partial charge in [0.15, 0.2) is 5.13 Å². The quantitative estimate of drug-likeness (QED) is 0.749. The normalized spacial score (nSPS) is 10.4. The summed E-state index contributed by atoms with van der Waals surface area (Å²) in [4.78, 5) is 17.0. The van der Waals surface area contributed by atoms with Crippen molar-refractivity contribution in [2.24, 2.45) is 0 Å². The zero-order chi connectivity index (χ0) is 13.7. The van der Waals surface area contributed by atoms with E-state index in [1.54, 1.807) is 6.20 Å². The number of aromatic nitrogens is 3. The standard InChI is InChI=1S/C12H17N5OS/c1-3-13-12-17-8(2)10(19-12)11(18)14-5-4-9-6-15-16-7-9/h6-7H,3-5H2,1-2H3,(H,13,17)(H,14,18)(H,15,16). The molecule has 2 rings (SSSR count). The van der Waals surface area contributed by atoms with Crippen LogP contribution in [0.15, 0.2) is 12.4 Å². The largest absolute Gasteiger partial charge is 0.362 e. The van der Waals surface area contributed by atoms with Gasteiger partial charge in [0.25, 0.3) is 5.91 Å². The number of hydrogen-bond donors (Lipinski definition) is 3. The molecule has 0 saturated carbocycles. The molecule has 2 aromatic heterocycles. The summed E-state index contributed by atoms with van der Waals surface area (Å²) in [7, 11) is 0. The summed E-state index contributed by atoms with van der Waals surface area (Å²) in [5.74, 6) is -0.0670. The van der Waals surface area contributed by atoms with Crippen LogP contribution in [0, 0.1) is 6.92 Å². The topological polar surface area (TPSA) is 82.7 Å². The lowest BCUT2D eigenvalue weighted by atomic mass is 10.2. The number of anilines is 1. The van der Waals surface area contributed by atoms with E-state index in [1.807, 2.05) is 20.0 Å². The van der Waals surface area contributed by atoms with Crippen molar-refractivity contribution in [3.63, 3.8) is 0 Å². The van der Waals surface area contributed by atoms with Crippen LogP contribution >= 0.6 is 11.3 Å². The Labute approximate surface area is 115 Å². The van der Waals surface area contributed by atoms with Gasteiger partial charge in [-0.25, -0.2) is 4.98 Å². The molecule has 0 unspecified atom stereocenters. The van der Waals surface area contributed by atoms with Gasteiger partial charge in [-0.1, -0.05) is 11.3 Å². The first kappa shape index (κ1) is 13.5. The molecule has 102 valence electrons. The van der Waals surface area contributed by atoms with Crippen molar-refractivity contribution in [1.29, 1.82) is 0 Å². The molecule has 19 heavy (non-hydrogen) atoms. The second-order valence-corrected chi connectivity index (χ2v) is 5.08. The van der Waals surface area contributed by atoms with Gasteiger partial charge in [0.2, 0.25) is 0 Å². The van der Waals surface area contributed by atoms with E-state index < -0.39 is 0 Å². The van der Waals surface area contributed by atoms with Crippen molar-refractivity contribution in [2.75, 3.05) is 18.4 Å². The minimum absolute atomic E-state index is 0.0670. The molecule has 0 aliphatic rings. The molecule has 7 heteroatoms. The highest BCUT2D eigenvalue weighted by atomic mass is 32.1. The molecule has 6 nitrogen and oxygen atoms in total. The van der Waals surface area contributed by atoms with E-state index in [4.69, 9.17) is 0 Å². The first-order valence-electron chi connectivity index (χ1n) is 6.18. The summed E-state index contributed by atoms with van der Waals surface area (Å²) in [6.07, 6.45) is 4.35. The second kappa shape index (κ2) is 6.33. The Morgan fingerprint density at radius 2 is 2.37 bits per heavy atom. The van der Waals surface area contributed by atoms with Crippen LogP contribution in [-0.2, 0) is 6.42 Å². The lowest BCUT2D eigenvalue weighted by Gasteiger charge is -2.02. The molecule has 2 heterocycles. The highest BCUT2D eigenvalue weighted by molar-refractivity contribution is 7.17. The molecular weight excluding hydrogens is 262 g/mol. The number of hydrogen-bond acceptors (Lipinski definition) is 5. The van der Waals surface area contributed by atoms with Crippen LogP contribution in [0.4, 0.5) is 5.13 Å². The average molecular weight is 279 g/mol. The Hall–Kier alpha value is -1.89. The van der Waals surface area contributed by atoms with Gasteiger partial charge in [0.1, 0.15) is 4.88 Å². The number of carbonyl (C=O) groups excluding carboxylic acids is 1. The van der Waals surface area contributed by atoms with Crippen molar-refractivity contribution in [3.05, 3.63) is 28.5 Å². The highest BCUT2D eigenvalue weighted by Crippen LogP contribution is 2.22. The van der Waals surface area contributed by atoms with E-state index in [0.29, 0.717) is 11.4 Å². The van der Waals surface area contributed by atoms with Crippen molar-refractivity contribution in [2.45, 2.75) is 20.3 Å². The second-order valence-electron chi connectivity index (χ2n) is 4.08. The van der Waals surface area contributed by atoms with Gasteiger partial charge in [-0.05, 0) is 25.8 Å². The number of carbonyl (C=O) groups is 1. The van der Waals surface area contributed by atoms with E-state index in [-0.39, 0.29) is 5.91 Å². The predicted octanol–water partition coefficient (Wildman–Crippen LogP) is 1.58. The Morgan fingerprint density at radius 1 is 1.53 bits per heavy atom. The lowest BCUT2D eigenvalue weighted by Crippen LogP contribution is -2.25. The monoisotopic (exact) mass is 279 g/mol. The van der Waals surface area contributed by atoms with E-state index in [2.05, 4.69) is 25.8 Å². The fourth-order valence-corrected chi connectivity index (χ4v) is 2.60. The minimum atomic E-state index is -0.0670. The zero-order valence-electron chi connectivity index (χ0n) is 11.0. The smallest absolute Gasteiger partial charge is 0.263 e. The van der Waals surface area contributed by atoms with Gasteiger partial charge in [-0.3, -0.25) is 9.89 Å². The molecule has 0 spiro atoms. The maximum Gasteiger partial charge on any atom is 0.263 e. The summed E-state index contributed by atoms with van der Waals surface area (Å²) < 4.78 is 0. The van der Waals surface area contributed by atoms with Gasteiger partial charge in [0, 0.05) is 19.3 Å². The van der Waals surface area contributed by atoms with Crippen LogP contribution in [0.3, 0.4) is 0 Å². The van der Waals surface area contributed by atoms with Gasteiger partial charge < -0.3 is 10.6 Å². The summed E-state index contributed by atoms with van der Waals surface area (Å²) in [5, 5.41) is 13.4. The molecule has 3 N–H and O–H groups in total. The maximum absolute atomic E-state index is 12.0. The minimum Gasteiger partial charge on any atom is -0.362 e. The summed E-state index contributed by atoms with van der Waals surface area (Å²) >= 11 is 1.39. The molecule has 0 bridgehead atoms. The molecule has 0 aromatic carbocycles. The predicted molar refractivity (Wildman–Crippen MR) is 75.6 cm³/mol. The Morgan fingerprint density at radius 3 is 3.05 bits per heavy atom. The molecule has 0 fully saturated rings. The van der Waals surface area contributed by atoms with Crippen LogP contribution in [0.1, 0.15) is 27.9 Å². The van der Waals surface area contributed by atoms with Crippen molar-refractivity contribution in [1.82, 2.24) is 20.5 Å². The number of thiazole rings is 1. The molecule has 2 aromatic rings. The Balaban J connectivity index is 1.88. The number of rotatable bonds is 6. The first-order valence-corrected chi connectivity index (χ1v) is 6.99. The first-order chi connectivity index (χ1) is 9.20. The number of nitrogens with one attached hydrogen (secondary N) is 3. The Kier molecular flexibility index (Phi) is 4.51. The van der Waals surface area contributed by atoms with E-state index in [0.717, 1.165) is 29.4 Å². The fourth-order valence-electron chi connectivity index (χ4n) is 1.65. The molecule has 0 saturated heterocycles. The van der Waals surface area contributed by atoms with Crippen molar-refractivity contribution in [3.8, 4) is 0 Å². The van der Waals surface area contributed by atoms with Gasteiger partial charge in [-0.2, -0.15) is 5.10 Å². The molecule has 0 aliphatic carbocycles. The van der Waals surface area contributed by atoms with Crippen molar-refractivity contribution < 1.29 is 4.79 Å².